The van der Waals surface area contributed by atoms with Crippen molar-refractivity contribution in [3.63, 3.8) is 0 Å². The minimum atomic E-state index is -4.59. The van der Waals surface area contributed by atoms with Gasteiger partial charge in [0.25, 0.3) is 0 Å². The van der Waals surface area contributed by atoms with Gasteiger partial charge in [0.2, 0.25) is 0 Å². The number of nitrogens with zero attached hydrogens (tertiary/aromatic N) is 1. The molecule has 0 aromatic heterocycles. The number of nitrogens with one attached hydrogen (secondary N) is 2. The topological polar surface area (TPSA) is 89.0 Å². The van der Waals surface area contributed by atoms with Crippen molar-refractivity contribution in [1.29, 1.82) is 0 Å². The van der Waals surface area contributed by atoms with Crippen LogP contribution >= 0.6 is 23.2 Å². The fourth-order valence-electron chi connectivity index (χ4n) is 2.91. The number of benzene rings is 3. The standard InChI is InChI=1S/C24H18Cl2F3N3O4/c1-35-20-7-2-4-15(21(20)36-13-14-8-9-18(25)19(26)10-14)12-30-32-23(34)22(33)31-17-6-3-5-16(11-17)24(27,28)29/h2-12H,13H2,1H3,(H,31,33)(H,32,34)/b30-12-. The van der Waals surface area contributed by atoms with E-state index in [1.165, 1.54) is 19.4 Å². The molecule has 3 aromatic carbocycles. The van der Waals surface area contributed by atoms with Crippen molar-refractivity contribution in [1.82, 2.24) is 5.43 Å². The predicted molar refractivity (Wildman–Crippen MR) is 130 cm³/mol. The summed E-state index contributed by atoms with van der Waals surface area (Å²) >= 11 is 12.0. The molecule has 3 rings (SSSR count). The number of halogens is 5. The lowest BCUT2D eigenvalue weighted by Crippen LogP contribution is -2.32. The molecule has 0 aliphatic rings. The van der Waals surface area contributed by atoms with Crippen LogP contribution < -0.4 is 20.2 Å². The average Bonchev–Trinajstić information content (AvgIpc) is 2.84. The normalized spacial score (nSPS) is 11.3. The van der Waals surface area contributed by atoms with E-state index in [-0.39, 0.29) is 12.3 Å². The molecule has 0 heterocycles. The summed E-state index contributed by atoms with van der Waals surface area (Å²) in [4.78, 5) is 24.1. The van der Waals surface area contributed by atoms with E-state index in [0.29, 0.717) is 33.2 Å². The van der Waals surface area contributed by atoms with Crippen molar-refractivity contribution < 1.29 is 32.2 Å². The Labute approximate surface area is 213 Å². The van der Waals surface area contributed by atoms with Crippen LogP contribution in [0.4, 0.5) is 18.9 Å². The van der Waals surface area contributed by atoms with Crippen molar-refractivity contribution >= 4 is 46.9 Å². The monoisotopic (exact) mass is 539 g/mol. The maximum Gasteiger partial charge on any atom is 0.416 e. The maximum atomic E-state index is 12.8. The van der Waals surface area contributed by atoms with E-state index < -0.39 is 23.6 Å². The van der Waals surface area contributed by atoms with Crippen molar-refractivity contribution in [3.05, 3.63) is 87.4 Å². The summed E-state index contributed by atoms with van der Waals surface area (Å²) in [6, 6.07) is 13.8. The summed E-state index contributed by atoms with van der Waals surface area (Å²) in [6.07, 6.45) is -3.37. The van der Waals surface area contributed by atoms with E-state index in [4.69, 9.17) is 32.7 Å². The zero-order chi connectivity index (χ0) is 26.3. The summed E-state index contributed by atoms with van der Waals surface area (Å²) in [6.45, 7) is 0.115. The van der Waals surface area contributed by atoms with Crippen LogP contribution in [0, 0.1) is 0 Å². The van der Waals surface area contributed by atoms with Crippen molar-refractivity contribution in [3.8, 4) is 11.5 Å². The highest BCUT2D eigenvalue weighted by Crippen LogP contribution is 2.32. The Morgan fingerprint density at radius 2 is 1.75 bits per heavy atom. The van der Waals surface area contributed by atoms with Crippen LogP contribution in [0.5, 0.6) is 11.5 Å². The highest BCUT2D eigenvalue weighted by atomic mass is 35.5. The van der Waals surface area contributed by atoms with Crippen molar-refractivity contribution in [2.24, 2.45) is 5.10 Å². The molecule has 0 saturated carbocycles. The molecule has 7 nitrogen and oxygen atoms in total. The zero-order valence-corrected chi connectivity index (χ0v) is 20.0. The molecule has 0 aliphatic carbocycles. The minimum absolute atomic E-state index is 0.115. The van der Waals surface area contributed by atoms with E-state index in [0.717, 1.165) is 17.7 Å². The number of rotatable bonds is 7. The van der Waals surface area contributed by atoms with Gasteiger partial charge in [-0.3, -0.25) is 9.59 Å². The molecule has 0 aliphatic heterocycles. The first-order chi connectivity index (χ1) is 17.1. The van der Waals surface area contributed by atoms with Crippen LogP contribution in [-0.4, -0.2) is 25.1 Å². The van der Waals surface area contributed by atoms with Gasteiger partial charge in [-0.25, -0.2) is 5.43 Å². The zero-order valence-electron chi connectivity index (χ0n) is 18.5. The van der Waals surface area contributed by atoms with Gasteiger partial charge in [0, 0.05) is 11.3 Å². The smallest absolute Gasteiger partial charge is 0.416 e. The number of carbonyl (C=O) groups excluding carboxylic acids is 2. The van der Waals surface area contributed by atoms with Gasteiger partial charge in [0.1, 0.15) is 6.61 Å². The van der Waals surface area contributed by atoms with E-state index in [9.17, 15) is 22.8 Å². The molecule has 0 fully saturated rings. The van der Waals surface area contributed by atoms with Crippen LogP contribution in [0.1, 0.15) is 16.7 Å². The molecule has 188 valence electrons. The van der Waals surface area contributed by atoms with E-state index in [2.05, 4.69) is 10.4 Å². The summed E-state index contributed by atoms with van der Waals surface area (Å²) in [5.74, 6) is -1.71. The van der Waals surface area contributed by atoms with Crippen LogP contribution in [0.2, 0.25) is 10.0 Å². The average molecular weight is 540 g/mol. The molecule has 12 heteroatoms. The third-order valence-corrected chi connectivity index (χ3v) is 5.36. The second-order valence-electron chi connectivity index (χ2n) is 7.15. The number of carbonyl (C=O) groups is 2. The van der Waals surface area contributed by atoms with Gasteiger partial charge in [0.05, 0.1) is 28.9 Å². The summed E-state index contributed by atoms with van der Waals surface area (Å²) < 4.78 is 49.6. The van der Waals surface area contributed by atoms with Gasteiger partial charge in [0.15, 0.2) is 11.5 Å². The molecule has 0 atom stereocenters. The van der Waals surface area contributed by atoms with Crippen LogP contribution in [0.15, 0.2) is 65.8 Å². The van der Waals surface area contributed by atoms with E-state index in [1.54, 1.807) is 36.4 Å². The first-order valence-corrected chi connectivity index (χ1v) is 10.9. The van der Waals surface area contributed by atoms with E-state index in [1.807, 2.05) is 5.43 Å². The van der Waals surface area contributed by atoms with Gasteiger partial charge in [-0.05, 0) is 48.0 Å². The Hall–Kier alpha value is -3.76. The molecule has 0 spiro atoms. The molecule has 2 amide bonds. The number of para-hydroxylation sites is 1. The maximum absolute atomic E-state index is 12.8. The second-order valence-corrected chi connectivity index (χ2v) is 7.96. The molecule has 0 saturated heterocycles. The first kappa shape index (κ1) is 26.8. The van der Waals surface area contributed by atoms with Crippen LogP contribution in [0.3, 0.4) is 0 Å². The molecular weight excluding hydrogens is 522 g/mol. The van der Waals surface area contributed by atoms with Gasteiger partial charge in [-0.2, -0.15) is 18.3 Å². The Bertz CT molecular complexity index is 1300. The molecule has 36 heavy (non-hydrogen) atoms. The third kappa shape index (κ3) is 7.12. The number of hydrogen-bond acceptors (Lipinski definition) is 5. The highest BCUT2D eigenvalue weighted by Gasteiger charge is 2.30. The third-order valence-electron chi connectivity index (χ3n) is 4.62. The Morgan fingerprint density at radius 3 is 2.44 bits per heavy atom. The van der Waals surface area contributed by atoms with Gasteiger partial charge >= 0.3 is 18.0 Å². The Kier molecular flexibility index (Phi) is 8.78. The van der Waals surface area contributed by atoms with Gasteiger partial charge in [-0.1, -0.05) is 41.4 Å². The van der Waals surface area contributed by atoms with E-state index >= 15 is 0 Å². The fourth-order valence-corrected chi connectivity index (χ4v) is 3.23. The van der Waals surface area contributed by atoms with Crippen LogP contribution in [-0.2, 0) is 22.4 Å². The summed E-state index contributed by atoms with van der Waals surface area (Å²) in [5.41, 5.74) is 2.00. The first-order valence-electron chi connectivity index (χ1n) is 10.1. The molecule has 0 bridgehead atoms. The number of methoxy groups -OCH3 is 1. The minimum Gasteiger partial charge on any atom is -0.493 e. The number of amides is 2. The molecule has 0 unspecified atom stereocenters. The lowest BCUT2D eigenvalue weighted by atomic mass is 10.2. The highest BCUT2D eigenvalue weighted by molar-refractivity contribution is 6.42. The lowest BCUT2D eigenvalue weighted by Gasteiger charge is -2.13. The fraction of sp³-hybridized carbons (Fsp3) is 0.125. The largest absolute Gasteiger partial charge is 0.493 e. The Balaban J connectivity index is 1.67. The number of anilines is 1. The SMILES string of the molecule is COc1cccc(/C=N\NC(=O)C(=O)Nc2cccc(C(F)(F)F)c2)c1OCc1ccc(Cl)c(Cl)c1. The molecule has 0 radical (unpaired) electrons. The molecule has 2 N–H and O–H groups in total. The quantitative estimate of drug-likeness (QED) is 0.229. The van der Waals surface area contributed by atoms with Crippen molar-refractivity contribution in [2.45, 2.75) is 12.8 Å². The predicted octanol–water partition coefficient (Wildman–Crippen LogP) is 5.69. The summed E-state index contributed by atoms with van der Waals surface area (Å²) in [7, 11) is 1.45. The number of hydrogen-bond donors (Lipinski definition) is 2. The van der Waals surface area contributed by atoms with Crippen molar-refractivity contribution in [2.75, 3.05) is 12.4 Å². The Morgan fingerprint density at radius 1 is 1.00 bits per heavy atom. The van der Waals surface area contributed by atoms with Gasteiger partial charge in [-0.15, -0.1) is 0 Å². The number of alkyl halides is 3. The summed E-state index contributed by atoms with van der Waals surface area (Å²) in [5, 5.41) is 6.60. The van der Waals surface area contributed by atoms with Crippen LogP contribution in [0.25, 0.3) is 0 Å². The second kappa shape index (κ2) is 11.8. The molecular formula is C24H18Cl2F3N3O4. The number of ether oxygens (including phenoxy) is 2. The molecule has 3 aromatic rings. The number of hydrazone groups is 1. The lowest BCUT2D eigenvalue weighted by molar-refractivity contribution is -0.137. The van der Waals surface area contributed by atoms with Gasteiger partial charge < -0.3 is 14.8 Å².